The standard InChI is InChI=1S/C24H25F3N6O/c1-15-7-4-11-33(19(15)14-32-23-30-12-17(13-31-23)24(25,26)27)22(34)18-8-3-6-16(2)20(18)21-28-9-5-10-29-21/h3,5-6,8-10,12-13,15,19H,4,7,11,14H2,1-2H3,(H,30,31,32). The summed E-state index contributed by atoms with van der Waals surface area (Å²) in [4.78, 5) is 31.8. The summed E-state index contributed by atoms with van der Waals surface area (Å²) in [6, 6.07) is 7.08. The van der Waals surface area contributed by atoms with Crippen molar-refractivity contribution in [2.75, 3.05) is 18.4 Å². The zero-order chi connectivity index (χ0) is 24.3. The Morgan fingerprint density at radius 2 is 1.82 bits per heavy atom. The van der Waals surface area contributed by atoms with E-state index in [1.807, 2.05) is 24.0 Å². The predicted octanol–water partition coefficient (Wildman–Crippen LogP) is 4.61. The summed E-state index contributed by atoms with van der Waals surface area (Å²) < 4.78 is 38.3. The molecule has 178 valence electrons. The molecule has 2 atom stereocenters. The van der Waals surface area contributed by atoms with Crippen LogP contribution in [0, 0.1) is 12.8 Å². The molecule has 1 fully saturated rings. The lowest BCUT2D eigenvalue weighted by atomic mass is 9.89. The average Bonchev–Trinajstić information content (AvgIpc) is 2.83. The number of aromatic nitrogens is 4. The summed E-state index contributed by atoms with van der Waals surface area (Å²) in [7, 11) is 0. The van der Waals surface area contributed by atoms with Gasteiger partial charge in [0.1, 0.15) is 0 Å². The van der Waals surface area contributed by atoms with Gasteiger partial charge < -0.3 is 10.2 Å². The number of anilines is 1. The maximum absolute atomic E-state index is 13.8. The molecule has 10 heteroatoms. The largest absolute Gasteiger partial charge is 0.419 e. The number of alkyl halides is 3. The zero-order valence-electron chi connectivity index (χ0n) is 18.9. The zero-order valence-corrected chi connectivity index (χ0v) is 18.9. The van der Waals surface area contributed by atoms with E-state index in [2.05, 4.69) is 32.2 Å². The molecule has 34 heavy (non-hydrogen) atoms. The van der Waals surface area contributed by atoms with Crippen molar-refractivity contribution in [2.24, 2.45) is 5.92 Å². The summed E-state index contributed by atoms with van der Waals surface area (Å²) in [5.41, 5.74) is 1.21. The molecule has 1 aliphatic heterocycles. The number of nitrogens with one attached hydrogen (secondary N) is 1. The molecule has 0 spiro atoms. The Hall–Kier alpha value is -3.56. The third kappa shape index (κ3) is 5.00. The van der Waals surface area contributed by atoms with E-state index in [0.29, 0.717) is 30.0 Å². The molecule has 4 rings (SSSR count). The van der Waals surface area contributed by atoms with Gasteiger partial charge in [-0.3, -0.25) is 4.79 Å². The molecule has 1 N–H and O–H groups in total. The van der Waals surface area contributed by atoms with Crippen molar-refractivity contribution >= 4 is 11.9 Å². The molecular weight excluding hydrogens is 445 g/mol. The summed E-state index contributed by atoms with van der Waals surface area (Å²) in [6.45, 7) is 4.88. The van der Waals surface area contributed by atoms with Gasteiger partial charge in [-0.15, -0.1) is 0 Å². The first-order valence-corrected chi connectivity index (χ1v) is 11.1. The molecule has 0 saturated carbocycles. The van der Waals surface area contributed by atoms with Gasteiger partial charge in [0.15, 0.2) is 5.82 Å². The van der Waals surface area contributed by atoms with Gasteiger partial charge in [0, 0.05) is 43.4 Å². The van der Waals surface area contributed by atoms with E-state index in [4.69, 9.17) is 0 Å². The minimum Gasteiger partial charge on any atom is -0.352 e. The van der Waals surface area contributed by atoms with Crippen LogP contribution >= 0.6 is 0 Å². The molecule has 3 heterocycles. The SMILES string of the molecule is Cc1cccc(C(=O)N2CCCC(C)C2CNc2ncc(C(F)(F)F)cn2)c1-c1ncccn1. The van der Waals surface area contributed by atoms with Crippen LogP contribution in [0.5, 0.6) is 0 Å². The van der Waals surface area contributed by atoms with E-state index >= 15 is 0 Å². The first-order valence-electron chi connectivity index (χ1n) is 11.1. The lowest BCUT2D eigenvalue weighted by Gasteiger charge is -2.40. The lowest BCUT2D eigenvalue weighted by Crippen LogP contribution is -2.51. The Balaban J connectivity index is 1.57. The maximum atomic E-state index is 13.8. The van der Waals surface area contributed by atoms with Gasteiger partial charge in [0.2, 0.25) is 5.95 Å². The topological polar surface area (TPSA) is 83.9 Å². The Labute approximate surface area is 195 Å². The number of benzene rings is 1. The van der Waals surface area contributed by atoms with Gasteiger partial charge in [0.25, 0.3) is 5.91 Å². The predicted molar refractivity (Wildman–Crippen MR) is 121 cm³/mol. The number of hydrogen-bond acceptors (Lipinski definition) is 6. The Morgan fingerprint density at radius 1 is 1.12 bits per heavy atom. The van der Waals surface area contributed by atoms with Crippen molar-refractivity contribution in [3.63, 3.8) is 0 Å². The first kappa shape index (κ1) is 23.6. The fraction of sp³-hybridized carbons (Fsp3) is 0.375. The summed E-state index contributed by atoms with van der Waals surface area (Å²) >= 11 is 0. The molecule has 3 aromatic rings. The Kier molecular flexibility index (Phi) is 6.76. The summed E-state index contributed by atoms with van der Waals surface area (Å²) in [5.74, 6) is 0.632. The number of likely N-dealkylation sites (tertiary alicyclic amines) is 1. The third-order valence-corrected chi connectivity index (χ3v) is 6.12. The van der Waals surface area contributed by atoms with Gasteiger partial charge in [0.05, 0.1) is 17.2 Å². The first-order chi connectivity index (χ1) is 16.3. The molecule has 1 aliphatic rings. The van der Waals surface area contributed by atoms with Crippen molar-refractivity contribution in [1.82, 2.24) is 24.8 Å². The monoisotopic (exact) mass is 470 g/mol. The molecule has 1 saturated heterocycles. The van der Waals surface area contributed by atoms with Gasteiger partial charge >= 0.3 is 6.18 Å². The van der Waals surface area contributed by atoms with Crippen molar-refractivity contribution in [3.05, 3.63) is 65.7 Å². The number of halogens is 3. The van der Waals surface area contributed by atoms with Crippen LogP contribution in [0.3, 0.4) is 0 Å². The fourth-order valence-corrected chi connectivity index (χ4v) is 4.30. The van der Waals surface area contributed by atoms with Crippen LogP contribution in [0.2, 0.25) is 0 Å². The van der Waals surface area contributed by atoms with E-state index in [1.165, 1.54) is 0 Å². The van der Waals surface area contributed by atoms with E-state index in [-0.39, 0.29) is 23.8 Å². The van der Waals surface area contributed by atoms with Gasteiger partial charge in [-0.25, -0.2) is 19.9 Å². The highest BCUT2D eigenvalue weighted by Crippen LogP contribution is 2.31. The molecule has 0 aliphatic carbocycles. The van der Waals surface area contributed by atoms with Crippen LogP contribution in [0.15, 0.2) is 49.1 Å². The number of hydrogen-bond donors (Lipinski definition) is 1. The minimum atomic E-state index is -4.49. The van der Waals surface area contributed by atoms with Crippen LogP contribution in [0.25, 0.3) is 11.4 Å². The van der Waals surface area contributed by atoms with Crippen molar-refractivity contribution < 1.29 is 18.0 Å². The van der Waals surface area contributed by atoms with E-state index in [1.54, 1.807) is 24.5 Å². The molecule has 7 nitrogen and oxygen atoms in total. The van der Waals surface area contributed by atoms with Gasteiger partial charge in [-0.2, -0.15) is 13.2 Å². The number of rotatable bonds is 5. The quantitative estimate of drug-likeness (QED) is 0.586. The average molecular weight is 470 g/mol. The summed E-state index contributed by atoms with van der Waals surface area (Å²) in [6.07, 6.45) is 2.09. The van der Waals surface area contributed by atoms with Gasteiger partial charge in [-0.05, 0) is 43.4 Å². The second-order valence-electron chi connectivity index (χ2n) is 8.43. The summed E-state index contributed by atoms with van der Waals surface area (Å²) in [5, 5.41) is 3.01. The lowest BCUT2D eigenvalue weighted by molar-refractivity contribution is -0.138. The van der Waals surface area contributed by atoms with Gasteiger partial charge in [-0.1, -0.05) is 19.1 Å². The second-order valence-corrected chi connectivity index (χ2v) is 8.43. The minimum absolute atomic E-state index is 0.0899. The molecule has 2 unspecified atom stereocenters. The van der Waals surface area contributed by atoms with Crippen LogP contribution < -0.4 is 5.32 Å². The number of amides is 1. The molecular formula is C24H25F3N6O. The number of carbonyl (C=O) groups excluding carboxylic acids is 1. The molecule has 1 amide bonds. The Bertz CT molecular complexity index is 1140. The molecule has 0 bridgehead atoms. The van der Waals surface area contributed by atoms with Crippen molar-refractivity contribution in [3.8, 4) is 11.4 Å². The number of piperidine rings is 1. The number of carbonyl (C=O) groups is 1. The molecule has 2 aromatic heterocycles. The van der Waals surface area contributed by atoms with Crippen LogP contribution in [-0.4, -0.2) is 49.9 Å². The Morgan fingerprint density at radius 3 is 2.50 bits per heavy atom. The number of nitrogens with zero attached hydrogens (tertiary/aromatic N) is 5. The highest BCUT2D eigenvalue weighted by Gasteiger charge is 2.34. The van der Waals surface area contributed by atoms with Crippen LogP contribution in [0.4, 0.5) is 19.1 Å². The number of aryl methyl sites for hydroxylation is 1. The normalized spacial score (nSPS) is 18.6. The maximum Gasteiger partial charge on any atom is 0.419 e. The van der Waals surface area contributed by atoms with Crippen molar-refractivity contribution in [1.29, 1.82) is 0 Å². The highest BCUT2D eigenvalue weighted by molar-refractivity contribution is 6.01. The smallest absolute Gasteiger partial charge is 0.352 e. The van der Waals surface area contributed by atoms with E-state index in [9.17, 15) is 18.0 Å². The van der Waals surface area contributed by atoms with E-state index in [0.717, 1.165) is 30.8 Å². The second kappa shape index (κ2) is 9.74. The molecule has 1 aromatic carbocycles. The van der Waals surface area contributed by atoms with Crippen LogP contribution in [0.1, 0.15) is 41.3 Å². The van der Waals surface area contributed by atoms with E-state index < -0.39 is 11.7 Å². The third-order valence-electron chi connectivity index (χ3n) is 6.12. The molecule has 0 radical (unpaired) electrons. The fourth-order valence-electron chi connectivity index (χ4n) is 4.30. The van der Waals surface area contributed by atoms with Crippen LogP contribution in [-0.2, 0) is 6.18 Å². The van der Waals surface area contributed by atoms with Crippen molar-refractivity contribution in [2.45, 2.75) is 38.9 Å². The highest BCUT2D eigenvalue weighted by atomic mass is 19.4.